The zero-order chi connectivity index (χ0) is 12.5. The predicted octanol–water partition coefficient (Wildman–Crippen LogP) is 2.76. The minimum absolute atomic E-state index is 0.661. The zero-order valence-corrected chi connectivity index (χ0v) is 11.8. The maximum absolute atomic E-state index is 5.67. The van der Waals surface area contributed by atoms with Crippen molar-refractivity contribution in [2.24, 2.45) is 5.73 Å². The molecule has 0 amide bonds. The van der Waals surface area contributed by atoms with Gasteiger partial charge in [-0.25, -0.2) is 4.98 Å². The van der Waals surface area contributed by atoms with Gasteiger partial charge >= 0.3 is 0 Å². The Kier molecular flexibility index (Phi) is 3.22. The van der Waals surface area contributed by atoms with Crippen LogP contribution in [0.3, 0.4) is 0 Å². The highest BCUT2D eigenvalue weighted by Crippen LogP contribution is 2.30. The van der Waals surface area contributed by atoms with Crippen molar-refractivity contribution < 1.29 is 0 Å². The molecule has 94 valence electrons. The summed E-state index contributed by atoms with van der Waals surface area (Å²) in [5.74, 6) is 1.14. The van der Waals surface area contributed by atoms with Gasteiger partial charge in [0.25, 0.3) is 0 Å². The van der Waals surface area contributed by atoms with Crippen LogP contribution in [0.25, 0.3) is 11.3 Å². The van der Waals surface area contributed by atoms with Crippen molar-refractivity contribution in [2.45, 2.75) is 25.8 Å². The number of imidazole rings is 1. The fourth-order valence-electron chi connectivity index (χ4n) is 2.65. The van der Waals surface area contributed by atoms with Gasteiger partial charge in [-0.05, 0) is 31.5 Å². The first-order valence-corrected chi connectivity index (χ1v) is 7.13. The van der Waals surface area contributed by atoms with Gasteiger partial charge in [-0.3, -0.25) is 0 Å². The minimum atomic E-state index is 0.661. The van der Waals surface area contributed by atoms with Crippen LogP contribution in [0, 0.1) is 0 Å². The van der Waals surface area contributed by atoms with Gasteiger partial charge in [-0.2, -0.15) is 0 Å². The molecule has 0 aliphatic carbocycles. The number of aromatic nitrogens is 2. The summed E-state index contributed by atoms with van der Waals surface area (Å²) in [4.78, 5) is 4.80. The van der Waals surface area contributed by atoms with Gasteiger partial charge in [0.15, 0.2) is 0 Å². The third-order valence-corrected chi connectivity index (χ3v) is 3.91. The molecule has 2 aromatic rings. The summed E-state index contributed by atoms with van der Waals surface area (Å²) in [6.07, 6.45) is 3.21. The third-order valence-electron chi connectivity index (χ3n) is 3.41. The van der Waals surface area contributed by atoms with Crippen LogP contribution in [-0.4, -0.2) is 16.1 Å². The second-order valence-electron chi connectivity index (χ2n) is 4.63. The number of nitrogens with zero attached hydrogens (tertiary/aromatic N) is 2. The summed E-state index contributed by atoms with van der Waals surface area (Å²) < 4.78 is 3.45. The number of halogens is 1. The first kappa shape index (κ1) is 11.9. The third kappa shape index (κ3) is 1.99. The molecule has 1 aromatic carbocycles. The molecule has 2 N–H and O–H groups in total. The maximum atomic E-state index is 5.67. The van der Waals surface area contributed by atoms with Crippen LogP contribution in [0.1, 0.15) is 17.9 Å². The first-order chi connectivity index (χ1) is 8.79. The molecule has 0 unspecified atom stereocenters. The molecule has 0 spiro atoms. The molecule has 1 aromatic heterocycles. The molecule has 2 heterocycles. The Morgan fingerprint density at radius 1 is 1.39 bits per heavy atom. The lowest BCUT2D eigenvalue weighted by molar-refractivity contribution is 0.685. The standard InChI is InChI=1S/C14H16BrN3/c15-11-4-1-3-10(9-11)14-12-5-2-8-18(12)13(17-14)6-7-16/h1,3-4,9H,2,5-8,16H2. The van der Waals surface area contributed by atoms with E-state index in [9.17, 15) is 0 Å². The average molecular weight is 306 g/mol. The Bertz CT molecular complexity index is 574. The normalized spacial score (nSPS) is 13.9. The van der Waals surface area contributed by atoms with Crippen LogP contribution in [0.5, 0.6) is 0 Å². The van der Waals surface area contributed by atoms with Gasteiger partial charge in [0.05, 0.1) is 5.69 Å². The maximum Gasteiger partial charge on any atom is 0.110 e. The molecule has 4 heteroatoms. The molecular formula is C14H16BrN3. The number of hydrogen-bond donors (Lipinski definition) is 1. The Morgan fingerprint density at radius 2 is 2.28 bits per heavy atom. The number of benzene rings is 1. The van der Waals surface area contributed by atoms with E-state index < -0.39 is 0 Å². The monoisotopic (exact) mass is 305 g/mol. The van der Waals surface area contributed by atoms with E-state index in [2.05, 4.69) is 38.7 Å². The van der Waals surface area contributed by atoms with Gasteiger partial charge in [0.2, 0.25) is 0 Å². The minimum Gasteiger partial charge on any atom is -0.331 e. The van der Waals surface area contributed by atoms with E-state index in [1.807, 2.05) is 6.07 Å². The van der Waals surface area contributed by atoms with Crippen molar-refractivity contribution in [2.75, 3.05) is 6.54 Å². The number of hydrogen-bond acceptors (Lipinski definition) is 2. The topological polar surface area (TPSA) is 43.8 Å². The highest BCUT2D eigenvalue weighted by Gasteiger charge is 2.21. The second-order valence-corrected chi connectivity index (χ2v) is 5.54. The largest absolute Gasteiger partial charge is 0.331 e. The second kappa shape index (κ2) is 4.86. The van der Waals surface area contributed by atoms with E-state index in [0.29, 0.717) is 6.54 Å². The zero-order valence-electron chi connectivity index (χ0n) is 10.2. The number of fused-ring (bicyclic) bond motifs is 1. The molecular weight excluding hydrogens is 290 g/mol. The lowest BCUT2D eigenvalue weighted by atomic mass is 10.1. The highest BCUT2D eigenvalue weighted by molar-refractivity contribution is 9.10. The van der Waals surface area contributed by atoms with Gasteiger partial charge < -0.3 is 10.3 Å². The van der Waals surface area contributed by atoms with Crippen molar-refractivity contribution in [1.29, 1.82) is 0 Å². The van der Waals surface area contributed by atoms with Crippen molar-refractivity contribution in [3.05, 3.63) is 40.3 Å². The van der Waals surface area contributed by atoms with Crippen molar-refractivity contribution >= 4 is 15.9 Å². The Morgan fingerprint density at radius 3 is 3.06 bits per heavy atom. The molecule has 0 radical (unpaired) electrons. The molecule has 0 bridgehead atoms. The summed E-state index contributed by atoms with van der Waals surface area (Å²) >= 11 is 3.52. The molecule has 0 saturated carbocycles. The average Bonchev–Trinajstić information content (AvgIpc) is 2.93. The van der Waals surface area contributed by atoms with E-state index in [4.69, 9.17) is 10.7 Å². The number of rotatable bonds is 3. The SMILES string of the molecule is NCCc1nc(-c2cccc(Br)c2)c2n1CCC2. The summed E-state index contributed by atoms with van der Waals surface area (Å²) in [5.41, 5.74) is 9.37. The van der Waals surface area contributed by atoms with Crippen LogP contribution in [0.15, 0.2) is 28.7 Å². The van der Waals surface area contributed by atoms with E-state index >= 15 is 0 Å². The molecule has 3 nitrogen and oxygen atoms in total. The quantitative estimate of drug-likeness (QED) is 0.947. The smallest absolute Gasteiger partial charge is 0.110 e. The predicted molar refractivity (Wildman–Crippen MR) is 76.4 cm³/mol. The van der Waals surface area contributed by atoms with Crippen LogP contribution in [0.4, 0.5) is 0 Å². The summed E-state index contributed by atoms with van der Waals surface area (Å²) in [7, 11) is 0. The first-order valence-electron chi connectivity index (χ1n) is 6.34. The van der Waals surface area contributed by atoms with Gasteiger partial charge in [0, 0.05) is 28.7 Å². The lowest BCUT2D eigenvalue weighted by Crippen LogP contribution is -2.08. The molecule has 1 aliphatic rings. The molecule has 0 atom stereocenters. The lowest BCUT2D eigenvalue weighted by Gasteiger charge is -2.01. The summed E-state index contributed by atoms with van der Waals surface area (Å²) in [5, 5.41) is 0. The Hall–Kier alpha value is -1.13. The van der Waals surface area contributed by atoms with Gasteiger partial charge in [-0.1, -0.05) is 28.1 Å². The van der Waals surface area contributed by atoms with Crippen molar-refractivity contribution in [3.63, 3.8) is 0 Å². The fourth-order valence-corrected chi connectivity index (χ4v) is 3.05. The van der Waals surface area contributed by atoms with Crippen molar-refractivity contribution in [1.82, 2.24) is 9.55 Å². The molecule has 1 aliphatic heterocycles. The highest BCUT2D eigenvalue weighted by atomic mass is 79.9. The molecule has 18 heavy (non-hydrogen) atoms. The van der Waals surface area contributed by atoms with E-state index in [0.717, 1.165) is 35.4 Å². The summed E-state index contributed by atoms with van der Waals surface area (Å²) in [6.45, 7) is 1.75. The van der Waals surface area contributed by atoms with Crippen LogP contribution in [-0.2, 0) is 19.4 Å². The Balaban J connectivity index is 2.10. The number of nitrogens with two attached hydrogens (primary N) is 1. The van der Waals surface area contributed by atoms with Crippen LogP contribution < -0.4 is 5.73 Å². The van der Waals surface area contributed by atoms with E-state index in [1.165, 1.54) is 17.7 Å². The molecule has 0 saturated heterocycles. The van der Waals surface area contributed by atoms with Crippen LogP contribution in [0.2, 0.25) is 0 Å². The fraction of sp³-hybridized carbons (Fsp3) is 0.357. The van der Waals surface area contributed by atoms with Gasteiger partial charge in [0.1, 0.15) is 5.82 Å². The van der Waals surface area contributed by atoms with Gasteiger partial charge in [-0.15, -0.1) is 0 Å². The van der Waals surface area contributed by atoms with Crippen LogP contribution >= 0.6 is 15.9 Å². The van der Waals surface area contributed by atoms with E-state index in [-0.39, 0.29) is 0 Å². The molecule has 0 fully saturated rings. The van der Waals surface area contributed by atoms with E-state index in [1.54, 1.807) is 0 Å². The van der Waals surface area contributed by atoms with Crippen molar-refractivity contribution in [3.8, 4) is 11.3 Å². The summed E-state index contributed by atoms with van der Waals surface area (Å²) in [6, 6.07) is 8.36. The Labute approximate surface area is 115 Å². The molecule has 3 rings (SSSR count).